The van der Waals surface area contributed by atoms with Crippen LogP contribution in [0.4, 0.5) is 0 Å². The van der Waals surface area contributed by atoms with Gasteiger partial charge in [0.05, 0.1) is 6.61 Å². The predicted octanol–water partition coefficient (Wildman–Crippen LogP) is 0.00250. The molecule has 0 radical (unpaired) electrons. The molecule has 0 spiro atoms. The number of nitrogens with two attached hydrogens (primary N) is 1. The number of aliphatic hydroxyl groups is 1. The molecule has 0 unspecified atom stereocenters. The summed E-state index contributed by atoms with van der Waals surface area (Å²) in [5.41, 5.74) is 4.76. The average Bonchev–Trinajstić information content (AvgIpc) is 2.13. The second kappa shape index (κ2) is 5.94. The number of primary amides is 1. The molecule has 0 bridgehead atoms. The summed E-state index contributed by atoms with van der Waals surface area (Å²) in [6.07, 6.45) is 2.01. The molecule has 0 aromatic rings. The summed E-state index contributed by atoms with van der Waals surface area (Å²) in [5.74, 6) is -0.313. The highest BCUT2D eigenvalue weighted by atomic mass is 16.3. The summed E-state index contributed by atoms with van der Waals surface area (Å²) >= 11 is 0. The Kier molecular flexibility index (Phi) is 5.66. The summed E-state index contributed by atoms with van der Waals surface area (Å²) in [5, 5.41) is 12.3. The third-order valence-electron chi connectivity index (χ3n) is 2.53. The molecule has 0 saturated heterocycles. The first-order valence-corrected chi connectivity index (χ1v) is 4.74. The molecule has 0 aromatic heterocycles. The molecule has 4 N–H and O–H groups in total. The van der Waals surface area contributed by atoms with Crippen molar-refractivity contribution in [3.8, 4) is 0 Å². The van der Waals surface area contributed by atoms with Crippen LogP contribution in [0.15, 0.2) is 0 Å². The molecule has 4 nitrogen and oxygen atoms in total. The molecule has 0 aliphatic carbocycles. The van der Waals surface area contributed by atoms with E-state index in [-0.39, 0.29) is 18.1 Å². The van der Waals surface area contributed by atoms with E-state index < -0.39 is 0 Å². The van der Waals surface area contributed by atoms with Crippen molar-refractivity contribution >= 4 is 5.91 Å². The lowest BCUT2D eigenvalue weighted by Gasteiger charge is -2.30. The van der Waals surface area contributed by atoms with Crippen molar-refractivity contribution in [2.45, 2.75) is 38.6 Å². The first-order chi connectivity index (χ1) is 6.10. The zero-order valence-corrected chi connectivity index (χ0v) is 8.47. The molecule has 0 rings (SSSR count). The standard InChI is InChI=1S/C9H20N2O2/c1-3-9(4-2,7-12)11-6-5-8(10)13/h11-12H,3-7H2,1-2H3,(H2,10,13). The summed E-state index contributed by atoms with van der Waals surface area (Å²) in [4.78, 5) is 10.5. The lowest BCUT2D eigenvalue weighted by atomic mass is 9.94. The maximum atomic E-state index is 10.5. The van der Waals surface area contributed by atoms with Gasteiger partial charge in [0.15, 0.2) is 0 Å². The molecular weight excluding hydrogens is 168 g/mol. The van der Waals surface area contributed by atoms with E-state index in [4.69, 9.17) is 10.8 Å². The largest absolute Gasteiger partial charge is 0.394 e. The highest BCUT2D eigenvalue weighted by molar-refractivity contribution is 5.73. The van der Waals surface area contributed by atoms with E-state index in [2.05, 4.69) is 5.32 Å². The van der Waals surface area contributed by atoms with Crippen molar-refractivity contribution in [3.05, 3.63) is 0 Å². The van der Waals surface area contributed by atoms with Crippen LogP contribution in [0.1, 0.15) is 33.1 Å². The van der Waals surface area contributed by atoms with Gasteiger partial charge in [-0.2, -0.15) is 0 Å². The number of carbonyl (C=O) groups is 1. The van der Waals surface area contributed by atoms with E-state index in [0.29, 0.717) is 13.0 Å². The molecule has 13 heavy (non-hydrogen) atoms. The molecule has 0 atom stereocenters. The number of carbonyl (C=O) groups excluding carboxylic acids is 1. The molecule has 0 aliphatic rings. The minimum atomic E-state index is -0.313. The topological polar surface area (TPSA) is 75.3 Å². The van der Waals surface area contributed by atoms with E-state index in [1.54, 1.807) is 0 Å². The van der Waals surface area contributed by atoms with Crippen molar-refractivity contribution in [3.63, 3.8) is 0 Å². The summed E-state index contributed by atoms with van der Waals surface area (Å²) in [6.45, 7) is 4.66. The van der Waals surface area contributed by atoms with Gasteiger partial charge >= 0.3 is 0 Å². The van der Waals surface area contributed by atoms with Gasteiger partial charge in [0.1, 0.15) is 0 Å². The van der Waals surface area contributed by atoms with Crippen LogP contribution in [-0.2, 0) is 4.79 Å². The third-order valence-corrected chi connectivity index (χ3v) is 2.53. The summed E-state index contributed by atoms with van der Waals surface area (Å²) in [7, 11) is 0. The van der Waals surface area contributed by atoms with Crippen molar-refractivity contribution in [2.24, 2.45) is 5.73 Å². The van der Waals surface area contributed by atoms with Crippen LogP contribution < -0.4 is 11.1 Å². The van der Waals surface area contributed by atoms with Gasteiger partial charge in [0.25, 0.3) is 0 Å². The molecule has 0 fully saturated rings. The van der Waals surface area contributed by atoms with E-state index >= 15 is 0 Å². The predicted molar refractivity (Wildman–Crippen MR) is 52.2 cm³/mol. The van der Waals surface area contributed by atoms with Gasteiger partial charge in [0.2, 0.25) is 5.91 Å². The number of amides is 1. The van der Waals surface area contributed by atoms with Crippen molar-refractivity contribution in [1.29, 1.82) is 0 Å². The Balaban J connectivity index is 3.88. The molecular formula is C9H20N2O2. The minimum Gasteiger partial charge on any atom is -0.394 e. The third kappa shape index (κ3) is 4.24. The zero-order chi connectivity index (χ0) is 10.3. The lowest BCUT2D eigenvalue weighted by molar-refractivity contribution is -0.118. The number of nitrogens with one attached hydrogen (secondary N) is 1. The van der Waals surface area contributed by atoms with Crippen molar-refractivity contribution < 1.29 is 9.90 Å². The van der Waals surface area contributed by atoms with Crippen molar-refractivity contribution in [1.82, 2.24) is 5.32 Å². The Bertz CT molecular complexity index is 147. The van der Waals surface area contributed by atoms with E-state index in [1.807, 2.05) is 13.8 Å². The number of hydrogen-bond acceptors (Lipinski definition) is 3. The Hall–Kier alpha value is -0.610. The monoisotopic (exact) mass is 188 g/mol. The second-order valence-corrected chi connectivity index (χ2v) is 3.29. The zero-order valence-electron chi connectivity index (χ0n) is 8.47. The van der Waals surface area contributed by atoms with E-state index in [1.165, 1.54) is 0 Å². The van der Waals surface area contributed by atoms with Gasteiger partial charge in [0, 0.05) is 18.5 Å². The quantitative estimate of drug-likeness (QED) is 0.526. The Labute approximate surface area is 79.5 Å². The number of hydrogen-bond donors (Lipinski definition) is 3. The van der Waals surface area contributed by atoms with Gasteiger partial charge in [-0.05, 0) is 12.8 Å². The van der Waals surface area contributed by atoms with Crippen LogP contribution in [0.3, 0.4) is 0 Å². The fourth-order valence-electron chi connectivity index (χ4n) is 1.23. The first-order valence-electron chi connectivity index (χ1n) is 4.74. The van der Waals surface area contributed by atoms with Crippen LogP contribution in [0, 0.1) is 0 Å². The minimum absolute atomic E-state index is 0.0960. The Morgan fingerprint density at radius 2 is 2.00 bits per heavy atom. The first kappa shape index (κ1) is 12.4. The molecule has 0 aromatic carbocycles. The second-order valence-electron chi connectivity index (χ2n) is 3.29. The van der Waals surface area contributed by atoms with E-state index in [9.17, 15) is 4.79 Å². The Morgan fingerprint density at radius 1 is 1.46 bits per heavy atom. The number of aliphatic hydroxyl groups excluding tert-OH is 1. The van der Waals surface area contributed by atoms with Gasteiger partial charge in [-0.25, -0.2) is 0 Å². The SMILES string of the molecule is CCC(CC)(CO)NCCC(N)=O. The summed E-state index contributed by atoms with van der Waals surface area (Å²) in [6, 6.07) is 0. The van der Waals surface area contributed by atoms with Crippen LogP contribution >= 0.6 is 0 Å². The highest BCUT2D eigenvalue weighted by Crippen LogP contribution is 2.13. The van der Waals surface area contributed by atoms with Crippen LogP contribution in [0.5, 0.6) is 0 Å². The number of rotatable bonds is 7. The molecule has 0 heterocycles. The normalized spacial score (nSPS) is 11.6. The highest BCUT2D eigenvalue weighted by Gasteiger charge is 2.23. The average molecular weight is 188 g/mol. The van der Waals surface area contributed by atoms with Gasteiger partial charge in [-0.3, -0.25) is 4.79 Å². The molecule has 0 aliphatic heterocycles. The fourth-order valence-corrected chi connectivity index (χ4v) is 1.23. The maximum Gasteiger partial charge on any atom is 0.218 e. The molecule has 78 valence electrons. The smallest absolute Gasteiger partial charge is 0.218 e. The maximum absolute atomic E-state index is 10.5. The van der Waals surface area contributed by atoms with E-state index in [0.717, 1.165) is 12.8 Å². The van der Waals surface area contributed by atoms with Crippen LogP contribution in [0.25, 0.3) is 0 Å². The Morgan fingerprint density at radius 3 is 2.31 bits per heavy atom. The molecule has 0 saturated carbocycles. The van der Waals surface area contributed by atoms with Crippen LogP contribution in [-0.4, -0.2) is 29.7 Å². The van der Waals surface area contributed by atoms with Gasteiger partial charge < -0.3 is 16.2 Å². The molecule has 4 heteroatoms. The van der Waals surface area contributed by atoms with Crippen molar-refractivity contribution in [2.75, 3.05) is 13.2 Å². The molecule has 1 amide bonds. The van der Waals surface area contributed by atoms with Crippen LogP contribution in [0.2, 0.25) is 0 Å². The van der Waals surface area contributed by atoms with Gasteiger partial charge in [-0.15, -0.1) is 0 Å². The lowest BCUT2D eigenvalue weighted by Crippen LogP contribution is -2.48. The summed E-state index contributed by atoms with van der Waals surface area (Å²) < 4.78 is 0. The van der Waals surface area contributed by atoms with Gasteiger partial charge in [-0.1, -0.05) is 13.8 Å². The fraction of sp³-hybridized carbons (Fsp3) is 0.889.